The topological polar surface area (TPSA) is 89.7 Å². The molecule has 1 rings (SSSR count). The number of nitrogens with two attached hydrogens (primary N) is 1. The van der Waals surface area contributed by atoms with Crippen molar-refractivity contribution >= 4 is 27.5 Å². The maximum atomic E-state index is 12.6. The van der Waals surface area contributed by atoms with Gasteiger partial charge in [-0.25, -0.2) is 13.6 Å². The number of sulfonamides is 1. The highest BCUT2D eigenvalue weighted by Crippen LogP contribution is 2.25. The van der Waals surface area contributed by atoms with E-state index in [1.807, 2.05) is 13.8 Å². The Labute approximate surface area is 129 Å². The molecule has 0 saturated carbocycles. The van der Waals surface area contributed by atoms with E-state index in [4.69, 9.17) is 21.5 Å². The Bertz CT molecular complexity index is 617. The van der Waals surface area contributed by atoms with Crippen LogP contribution < -0.4 is 5.14 Å². The van der Waals surface area contributed by atoms with Crippen LogP contribution in [0.5, 0.6) is 0 Å². The Balaban J connectivity index is 3.34. The molecule has 0 unspecified atom stereocenters. The van der Waals surface area contributed by atoms with Gasteiger partial charge in [-0.3, -0.25) is 4.79 Å². The van der Waals surface area contributed by atoms with Crippen LogP contribution in [0.2, 0.25) is 5.02 Å². The summed E-state index contributed by atoms with van der Waals surface area (Å²) in [4.78, 5) is 13.9. The lowest BCUT2D eigenvalue weighted by atomic mass is 10.1. The summed E-state index contributed by atoms with van der Waals surface area (Å²) in [6, 6.07) is 4.02. The monoisotopic (exact) mass is 334 g/mol. The van der Waals surface area contributed by atoms with E-state index in [0.717, 1.165) is 0 Å². The van der Waals surface area contributed by atoms with Crippen molar-refractivity contribution in [2.24, 2.45) is 5.14 Å². The minimum Gasteiger partial charge on any atom is -0.383 e. The van der Waals surface area contributed by atoms with Gasteiger partial charge in [-0.1, -0.05) is 17.7 Å². The summed E-state index contributed by atoms with van der Waals surface area (Å²) >= 11 is 6.01. The first-order valence-corrected chi connectivity index (χ1v) is 8.23. The van der Waals surface area contributed by atoms with Gasteiger partial charge in [-0.15, -0.1) is 0 Å². The average Bonchev–Trinajstić information content (AvgIpc) is 2.37. The fourth-order valence-electron chi connectivity index (χ4n) is 1.88. The first-order valence-electron chi connectivity index (χ1n) is 6.31. The molecule has 1 aromatic carbocycles. The molecule has 0 aromatic heterocycles. The zero-order valence-electron chi connectivity index (χ0n) is 12.2. The molecule has 118 valence electrons. The van der Waals surface area contributed by atoms with Crippen molar-refractivity contribution in [1.82, 2.24) is 4.90 Å². The van der Waals surface area contributed by atoms with Gasteiger partial charge in [0.1, 0.15) is 0 Å². The molecule has 0 heterocycles. The number of benzene rings is 1. The highest BCUT2D eigenvalue weighted by molar-refractivity contribution is 7.89. The summed E-state index contributed by atoms with van der Waals surface area (Å²) in [6.07, 6.45) is 0. The van der Waals surface area contributed by atoms with Crippen LogP contribution in [0, 0.1) is 0 Å². The zero-order valence-corrected chi connectivity index (χ0v) is 13.7. The van der Waals surface area contributed by atoms with Gasteiger partial charge in [-0.05, 0) is 26.0 Å². The number of nitrogens with zero attached hydrogens (tertiary/aromatic N) is 1. The van der Waals surface area contributed by atoms with E-state index in [1.54, 1.807) is 0 Å². The molecule has 6 nitrogen and oxygen atoms in total. The van der Waals surface area contributed by atoms with Gasteiger partial charge in [0, 0.05) is 19.7 Å². The van der Waals surface area contributed by atoms with Crippen LogP contribution in [0.4, 0.5) is 0 Å². The second kappa shape index (κ2) is 7.22. The molecule has 0 spiro atoms. The minimum atomic E-state index is -4.04. The van der Waals surface area contributed by atoms with Crippen LogP contribution in [0.25, 0.3) is 0 Å². The lowest BCUT2D eigenvalue weighted by molar-refractivity contribution is 0.0631. The fraction of sp³-hybridized carbons (Fsp3) is 0.462. The van der Waals surface area contributed by atoms with Crippen molar-refractivity contribution in [2.45, 2.75) is 24.8 Å². The predicted octanol–water partition coefficient (Wildman–Crippen LogP) is 1.48. The molecule has 0 fully saturated rings. The third-order valence-electron chi connectivity index (χ3n) is 2.92. The number of methoxy groups -OCH3 is 1. The third kappa shape index (κ3) is 4.41. The smallest absolute Gasteiger partial charge is 0.257 e. The van der Waals surface area contributed by atoms with Crippen LogP contribution in [0.3, 0.4) is 0 Å². The molecular weight excluding hydrogens is 316 g/mol. The molecular formula is C13H19ClN2O4S. The third-order valence-corrected chi connectivity index (χ3v) is 4.18. The van der Waals surface area contributed by atoms with E-state index >= 15 is 0 Å². The number of rotatable bonds is 6. The standard InChI is InChI=1S/C13H19ClN2O4S/c1-9(2)16(7-8-20-3)13(17)12-10(14)5-4-6-11(12)21(15,18)19/h4-6,9H,7-8H2,1-3H3,(H2,15,18,19). The molecule has 1 aromatic rings. The number of carbonyl (C=O) groups is 1. The van der Waals surface area contributed by atoms with E-state index < -0.39 is 15.9 Å². The van der Waals surface area contributed by atoms with Crippen LogP contribution in [0.1, 0.15) is 24.2 Å². The molecule has 8 heteroatoms. The van der Waals surface area contributed by atoms with Crippen LogP contribution >= 0.6 is 11.6 Å². The predicted molar refractivity (Wildman–Crippen MR) is 80.9 cm³/mol. The van der Waals surface area contributed by atoms with Crippen LogP contribution in [-0.2, 0) is 14.8 Å². The maximum Gasteiger partial charge on any atom is 0.257 e. The lowest BCUT2D eigenvalue weighted by Gasteiger charge is -2.27. The summed E-state index contributed by atoms with van der Waals surface area (Å²) < 4.78 is 28.2. The summed E-state index contributed by atoms with van der Waals surface area (Å²) in [5.41, 5.74) is -0.105. The quantitative estimate of drug-likeness (QED) is 0.853. The van der Waals surface area contributed by atoms with Gasteiger partial charge < -0.3 is 9.64 Å². The number of hydrogen-bond acceptors (Lipinski definition) is 4. The van der Waals surface area contributed by atoms with Crippen molar-refractivity contribution in [2.75, 3.05) is 20.3 Å². The van der Waals surface area contributed by atoms with Crippen molar-refractivity contribution in [3.63, 3.8) is 0 Å². The fourth-order valence-corrected chi connectivity index (χ4v) is 2.94. The number of hydrogen-bond donors (Lipinski definition) is 1. The van der Waals surface area contributed by atoms with E-state index in [-0.39, 0.29) is 21.5 Å². The van der Waals surface area contributed by atoms with E-state index in [0.29, 0.717) is 13.2 Å². The highest BCUT2D eigenvalue weighted by Gasteiger charge is 2.27. The van der Waals surface area contributed by atoms with Gasteiger partial charge in [-0.2, -0.15) is 0 Å². The van der Waals surface area contributed by atoms with Gasteiger partial charge in [0.2, 0.25) is 10.0 Å². The van der Waals surface area contributed by atoms with E-state index in [9.17, 15) is 13.2 Å². The second-order valence-corrected chi connectivity index (χ2v) is 6.68. The first kappa shape index (κ1) is 17.9. The number of ether oxygens (including phenoxy) is 1. The molecule has 2 N–H and O–H groups in total. The Morgan fingerprint density at radius 2 is 2.05 bits per heavy atom. The number of primary sulfonamides is 1. The van der Waals surface area contributed by atoms with Crippen molar-refractivity contribution in [3.8, 4) is 0 Å². The largest absolute Gasteiger partial charge is 0.383 e. The van der Waals surface area contributed by atoms with Crippen molar-refractivity contribution in [1.29, 1.82) is 0 Å². The number of amides is 1. The van der Waals surface area contributed by atoms with Gasteiger partial charge in [0.15, 0.2) is 0 Å². The maximum absolute atomic E-state index is 12.6. The Kier molecular flexibility index (Phi) is 6.15. The summed E-state index contributed by atoms with van der Waals surface area (Å²) in [7, 11) is -2.52. The minimum absolute atomic E-state index is 0.0505. The van der Waals surface area contributed by atoms with Gasteiger partial charge >= 0.3 is 0 Å². The number of carbonyl (C=O) groups excluding carboxylic acids is 1. The van der Waals surface area contributed by atoms with Gasteiger partial charge in [0.05, 0.1) is 22.1 Å². The van der Waals surface area contributed by atoms with Crippen LogP contribution in [-0.4, -0.2) is 45.5 Å². The second-order valence-electron chi connectivity index (χ2n) is 4.74. The average molecular weight is 335 g/mol. The highest BCUT2D eigenvalue weighted by atomic mass is 35.5. The normalized spacial score (nSPS) is 11.7. The molecule has 1 amide bonds. The Morgan fingerprint density at radius 1 is 1.43 bits per heavy atom. The molecule has 0 saturated heterocycles. The number of halogens is 1. The first-order chi connectivity index (χ1) is 9.70. The lowest BCUT2D eigenvalue weighted by Crippen LogP contribution is -2.40. The molecule has 0 aliphatic rings. The molecule has 0 bridgehead atoms. The molecule has 0 atom stereocenters. The van der Waals surface area contributed by atoms with Crippen LogP contribution in [0.15, 0.2) is 23.1 Å². The molecule has 0 aliphatic heterocycles. The Morgan fingerprint density at radius 3 is 2.52 bits per heavy atom. The van der Waals surface area contributed by atoms with Crippen molar-refractivity contribution in [3.05, 3.63) is 28.8 Å². The Hall–Kier alpha value is -1.15. The zero-order chi connectivity index (χ0) is 16.2. The SMILES string of the molecule is COCCN(C(=O)c1c(Cl)cccc1S(N)(=O)=O)C(C)C. The summed E-state index contributed by atoms with van der Waals surface area (Å²) in [5.74, 6) is -0.489. The van der Waals surface area contributed by atoms with Gasteiger partial charge in [0.25, 0.3) is 5.91 Å². The molecule has 0 aliphatic carbocycles. The van der Waals surface area contributed by atoms with E-state index in [1.165, 1.54) is 30.2 Å². The van der Waals surface area contributed by atoms with Crippen molar-refractivity contribution < 1.29 is 17.9 Å². The molecule has 0 radical (unpaired) electrons. The summed E-state index contributed by atoms with van der Waals surface area (Å²) in [5, 5.41) is 5.21. The van der Waals surface area contributed by atoms with E-state index in [2.05, 4.69) is 0 Å². The summed E-state index contributed by atoms with van der Waals surface area (Å²) in [6.45, 7) is 4.30. The molecule has 21 heavy (non-hydrogen) atoms.